The van der Waals surface area contributed by atoms with Crippen molar-refractivity contribution in [2.45, 2.75) is 64.1 Å². The van der Waals surface area contributed by atoms with Gasteiger partial charge in [-0.15, -0.1) is 0 Å². The van der Waals surface area contributed by atoms with Gasteiger partial charge in [0.2, 0.25) is 0 Å². The summed E-state index contributed by atoms with van der Waals surface area (Å²) in [5.41, 5.74) is 3.05. The summed E-state index contributed by atoms with van der Waals surface area (Å²) in [5, 5.41) is 3.75. The van der Waals surface area contributed by atoms with Crippen LogP contribution in [0.3, 0.4) is 0 Å². The zero-order valence-electron chi connectivity index (χ0n) is 12.8. The summed E-state index contributed by atoms with van der Waals surface area (Å²) in [5.74, 6) is 0. The predicted octanol–water partition coefficient (Wildman–Crippen LogP) is 3.36. The molecule has 2 heterocycles. The Labute approximate surface area is 123 Å². The maximum Gasteiger partial charge on any atom is 0.0238 e. The molecular weight excluding hydrogens is 244 g/mol. The molecule has 0 radical (unpaired) electrons. The summed E-state index contributed by atoms with van der Waals surface area (Å²) in [6.45, 7) is 5.93. The Balaban J connectivity index is 1.63. The first-order valence-electron chi connectivity index (χ1n) is 8.41. The van der Waals surface area contributed by atoms with Crippen molar-refractivity contribution in [3.8, 4) is 0 Å². The highest BCUT2D eigenvalue weighted by atomic mass is 15.2. The minimum absolute atomic E-state index is 0.636. The second-order valence-corrected chi connectivity index (χ2v) is 6.46. The van der Waals surface area contributed by atoms with Gasteiger partial charge in [-0.1, -0.05) is 44.0 Å². The lowest BCUT2D eigenvalue weighted by Crippen LogP contribution is -2.47. The first kappa shape index (κ1) is 14.1. The van der Waals surface area contributed by atoms with Gasteiger partial charge in [-0.25, -0.2) is 0 Å². The molecule has 0 aromatic heterocycles. The van der Waals surface area contributed by atoms with Gasteiger partial charge in [0, 0.05) is 25.2 Å². The van der Waals surface area contributed by atoms with Crippen LogP contribution in [0, 0.1) is 0 Å². The van der Waals surface area contributed by atoms with Gasteiger partial charge < -0.3 is 5.32 Å². The van der Waals surface area contributed by atoms with Gasteiger partial charge in [-0.3, -0.25) is 4.90 Å². The van der Waals surface area contributed by atoms with Gasteiger partial charge in [-0.05, 0) is 43.4 Å². The van der Waals surface area contributed by atoms with E-state index < -0.39 is 0 Å². The molecule has 2 atom stereocenters. The minimum Gasteiger partial charge on any atom is -0.308 e. The molecule has 0 spiro atoms. The fraction of sp³-hybridized carbons (Fsp3) is 0.667. The number of likely N-dealkylation sites (tertiary alicyclic amines) is 1. The van der Waals surface area contributed by atoms with E-state index in [0.717, 1.165) is 12.6 Å². The monoisotopic (exact) mass is 272 g/mol. The Bertz CT molecular complexity index is 429. The lowest BCUT2D eigenvalue weighted by Gasteiger charge is -2.35. The van der Waals surface area contributed by atoms with Crippen LogP contribution in [-0.4, -0.2) is 30.1 Å². The van der Waals surface area contributed by atoms with Gasteiger partial charge >= 0.3 is 0 Å². The van der Waals surface area contributed by atoms with Crippen molar-refractivity contribution in [1.82, 2.24) is 10.2 Å². The molecule has 1 aromatic rings. The molecule has 2 nitrogen and oxygen atoms in total. The molecule has 1 aromatic carbocycles. The molecule has 3 rings (SSSR count). The quantitative estimate of drug-likeness (QED) is 0.907. The molecule has 2 aliphatic heterocycles. The smallest absolute Gasteiger partial charge is 0.0238 e. The van der Waals surface area contributed by atoms with Crippen molar-refractivity contribution in [2.75, 3.05) is 13.1 Å². The van der Waals surface area contributed by atoms with Crippen LogP contribution in [0.4, 0.5) is 0 Å². The second-order valence-electron chi connectivity index (χ2n) is 6.46. The molecule has 2 heteroatoms. The number of rotatable bonds is 3. The summed E-state index contributed by atoms with van der Waals surface area (Å²) in [7, 11) is 0. The topological polar surface area (TPSA) is 15.3 Å². The van der Waals surface area contributed by atoms with E-state index in [-0.39, 0.29) is 0 Å². The molecule has 110 valence electrons. The third-order valence-corrected chi connectivity index (χ3v) is 5.09. The highest BCUT2D eigenvalue weighted by molar-refractivity contribution is 5.29. The normalized spacial score (nSPS) is 27.9. The summed E-state index contributed by atoms with van der Waals surface area (Å²) in [6.07, 6.45) is 8.15. The van der Waals surface area contributed by atoms with Crippen molar-refractivity contribution < 1.29 is 0 Å². The zero-order valence-corrected chi connectivity index (χ0v) is 12.8. The molecule has 2 aliphatic rings. The Hall–Kier alpha value is -0.860. The summed E-state index contributed by atoms with van der Waals surface area (Å²) in [6, 6.07) is 10.4. The van der Waals surface area contributed by atoms with Crippen molar-refractivity contribution in [3.05, 3.63) is 35.4 Å². The lowest BCUT2D eigenvalue weighted by atomic mass is 9.95. The fourth-order valence-corrected chi connectivity index (χ4v) is 3.87. The van der Waals surface area contributed by atoms with E-state index in [1.54, 1.807) is 5.56 Å². The average molecular weight is 272 g/mol. The molecule has 0 bridgehead atoms. The third-order valence-electron chi connectivity index (χ3n) is 5.09. The maximum atomic E-state index is 3.75. The molecule has 1 saturated heterocycles. The summed E-state index contributed by atoms with van der Waals surface area (Å²) >= 11 is 0. The molecule has 0 saturated carbocycles. The van der Waals surface area contributed by atoms with Crippen LogP contribution in [0.2, 0.25) is 0 Å². The van der Waals surface area contributed by atoms with Crippen LogP contribution in [-0.2, 0) is 13.0 Å². The first-order chi connectivity index (χ1) is 9.86. The van der Waals surface area contributed by atoms with E-state index in [4.69, 9.17) is 0 Å². The maximum absolute atomic E-state index is 3.75. The van der Waals surface area contributed by atoms with Crippen LogP contribution < -0.4 is 5.32 Å². The van der Waals surface area contributed by atoms with E-state index in [9.17, 15) is 0 Å². The standard InChI is InChI=1S/C18H28N2/c1-2-18-10-4-3-7-11-20(18)14-17-12-15-8-5-6-9-16(15)13-19-17/h5-6,8-9,17-19H,2-4,7,10-14H2,1H3. The van der Waals surface area contributed by atoms with Gasteiger partial charge in [0.1, 0.15) is 0 Å². The summed E-state index contributed by atoms with van der Waals surface area (Å²) < 4.78 is 0. The number of fused-ring (bicyclic) bond motifs is 1. The van der Waals surface area contributed by atoms with E-state index in [1.807, 2.05) is 0 Å². The Morgan fingerprint density at radius 1 is 1.15 bits per heavy atom. The molecule has 0 amide bonds. The fourth-order valence-electron chi connectivity index (χ4n) is 3.87. The highest BCUT2D eigenvalue weighted by Gasteiger charge is 2.24. The number of nitrogens with one attached hydrogen (secondary N) is 1. The van der Waals surface area contributed by atoms with Crippen LogP contribution in [0.15, 0.2) is 24.3 Å². The Morgan fingerprint density at radius 3 is 2.85 bits per heavy atom. The van der Waals surface area contributed by atoms with Crippen LogP contribution in [0.5, 0.6) is 0 Å². The third kappa shape index (κ3) is 3.24. The van der Waals surface area contributed by atoms with Crippen LogP contribution >= 0.6 is 0 Å². The average Bonchev–Trinajstić information content (AvgIpc) is 2.72. The van der Waals surface area contributed by atoms with Crippen molar-refractivity contribution >= 4 is 0 Å². The minimum atomic E-state index is 0.636. The number of hydrogen-bond acceptors (Lipinski definition) is 2. The van der Waals surface area contributed by atoms with Crippen molar-refractivity contribution in [1.29, 1.82) is 0 Å². The van der Waals surface area contributed by atoms with Gasteiger partial charge in [0.25, 0.3) is 0 Å². The zero-order chi connectivity index (χ0) is 13.8. The number of hydrogen-bond donors (Lipinski definition) is 1. The van der Waals surface area contributed by atoms with E-state index in [1.165, 1.54) is 57.2 Å². The van der Waals surface area contributed by atoms with Gasteiger partial charge in [0.05, 0.1) is 0 Å². The molecular formula is C18H28N2. The van der Waals surface area contributed by atoms with E-state index in [0.29, 0.717) is 6.04 Å². The largest absolute Gasteiger partial charge is 0.308 e. The Kier molecular flexibility index (Phi) is 4.74. The Morgan fingerprint density at radius 2 is 2.00 bits per heavy atom. The van der Waals surface area contributed by atoms with E-state index >= 15 is 0 Å². The SMILES string of the molecule is CCC1CCCCCN1CC1Cc2ccccc2CN1. The molecule has 0 aliphatic carbocycles. The number of benzene rings is 1. The summed E-state index contributed by atoms with van der Waals surface area (Å²) in [4.78, 5) is 2.76. The van der Waals surface area contributed by atoms with Crippen molar-refractivity contribution in [2.24, 2.45) is 0 Å². The first-order valence-corrected chi connectivity index (χ1v) is 8.41. The van der Waals surface area contributed by atoms with Crippen LogP contribution in [0.1, 0.15) is 50.2 Å². The predicted molar refractivity (Wildman–Crippen MR) is 84.9 cm³/mol. The molecule has 2 unspecified atom stereocenters. The molecule has 1 fully saturated rings. The molecule has 1 N–H and O–H groups in total. The second kappa shape index (κ2) is 6.73. The lowest BCUT2D eigenvalue weighted by molar-refractivity contribution is 0.171. The van der Waals surface area contributed by atoms with Crippen LogP contribution in [0.25, 0.3) is 0 Å². The van der Waals surface area contributed by atoms with Crippen molar-refractivity contribution in [3.63, 3.8) is 0 Å². The molecule has 20 heavy (non-hydrogen) atoms. The highest BCUT2D eigenvalue weighted by Crippen LogP contribution is 2.22. The number of nitrogens with zero attached hydrogens (tertiary/aromatic N) is 1. The van der Waals surface area contributed by atoms with Gasteiger partial charge in [0.15, 0.2) is 0 Å². The van der Waals surface area contributed by atoms with Gasteiger partial charge in [-0.2, -0.15) is 0 Å². The van der Waals surface area contributed by atoms with E-state index in [2.05, 4.69) is 41.4 Å².